The van der Waals surface area contributed by atoms with Gasteiger partial charge in [-0.25, -0.2) is 0 Å². The fourth-order valence-electron chi connectivity index (χ4n) is 3.43. The van der Waals surface area contributed by atoms with Crippen molar-refractivity contribution >= 4 is 11.9 Å². The van der Waals surface area contributed by atoms with Crippen LogP contribution < -0.4 is 0 Å². The number of hydrogen-bond donors (Lipinski definition) is 1. The van der Waals surface area contributed by atoms with Gasteiger partial charge in [0, 0.05) is 51.9 Å². The monoisotopic (exact) mass is 321 g/mol. The number of piperazine rings is 1. The molecule has 7 nitrogen and oxygen atoms in total. The Morgan fingerprint density at radius 3 is 2.39 bits per heavy atom. The molecule has 1 amide bonds. The van der Waals surface area contributed by atoms with Crippen molar-refractivity contribution in [1.29, 1.82) is 0 Å². The predicted octanol–water partition coefficient (Wildman–Crippen LogP) is 0.335. The molecule has 1 unspecified atom stereocenters. The van der Waals surface area contributed by atoms with Gasteiger partial charge in [-0.2, -0.15) is 0 Å². The number of ether oxygens (including phenoxy) is 1. The molecule has 0 bridgehead atoms. The summed E-state index contributed by atoms with van der Waals surface area (Å²) in [6, 6.07) is 3.77. The van der Waals surface area contributed by atoms with Gasteiger partial charge in [0.05, 0.1) is 6.61 Å². The molecule has 1 N–H and O–H groups in total. The van der Waals surface area contributed by atoms with Gasteiger partial charge in [0.15, 0.2) is 0 Å². The zero-order chi connectivity index (χ0) is 16.6. The Morgan fingerprint density at radius 1 is 1.22 bits per heavy atom. The third kappa shape index (κ3) is 2.64. The SMILES string of the molecule is Cc1ccc(C(=O)N2CCN(C3(C(=O)O)CCOC3)CC2)n1C. The molecule has 23 heavy (non-hydrogen) atoms. The normalized spacial score (nSPS) is 25.7. The first kappa shape index (κ1) is 16.0. The lowest BCUT2D eigenvalue weighted by Crippen LogP contribution is -2.62. The third-order valence-corrected chi connectivity index (χ3v) is 5.16. The van der Waals surface area contributed by atoms with Gasteiger partial charge in [-0.15, -0.1) is 0 Å². The number of amides is 1. The zero-order valence-corrected chi connectivity index (χ0v) is 13.6. The average Bonchev–Trinajstić information content (AvgIpc) is 3.16. The minimum absolute atomic E-state index is 0.00676. The van der Waals surface area contributed by atoms with Crippen molar-refractivity contribution in [2.45, 2.75) is 18.9 Å². The molecule has 7 heteroatoms. The van der Waals surface area contributed by atoms with Crippen molar-refractivity contribution in [2.24, 2.45) is 7.05 Å². The molecule has 3 rings (SSSR count). The molecule has 0 radical (unpaired) electrons. The standard InChI is InChI=1S/C16H23N3O4/c1-12-3-4-13(17(12)2)14(20)18-6-8-19(9-7-18)16(15(21)22)5-10-23-11-16/h3-4H,5-11H2,1-2H3,(H,21,22). The second kappa shape index (κ2) is 5.98. The summed E-state index contributed by atoms with van der Waals surface area (Å²) < 4.78 is 7.22. The van der Waals surface area contributed by atoms with Crippen molar-refractivity contribution in [1.82, 2.24) is 14.4 Å². The number of carbonyl (C=O) groups is 2. The van der Waals surface area contributed by atoms with Crippen LogP contribution in [0.1, 0.15) is 22.6 Å². The van der Waals surface area contributed by atoms with Crippen LogP contribution in [0.25, 0.3) is 0 Å². The average molecular weight is 321 g/mol. The number of aliphatic carboxylic acids is 1. The van der Waals surface area contributed by atoms with Crippen molar-refractivity contribution in [2.75, 3.05) is 39.4 Å². The molecule has 0 spiro atoms. The molecular weight excluding hydrogens is 298 g/mol. The van der Waals surface area contributed by atoms with E-state index in [2.05, 4.69) is 0 Å². The number of aromatic nitrogens is 1. The summed E-state index contributed by atoms with van der Waals surface area (Å²) in [5.41, 5.74) is 0.796. The number of nitrogens with zero attached hydrogens (tertiary/aromatic N) is 3. The molecule has 2 aliphatic heterocycles. The Hall–Kier alpha value is -1.86. The zero-order valence-electron chi connectivity index (χ0n) is 13.6. The minimum atomic E-state index is -0.920. The Balaban J connectivity index is 1.67. The van der Waals surface area contributed by atoms with Gasteiger partial charge in [0.1, 0.15) is 11.2 Å². The van der Waals surface area contributed by atoms with Gasteiger partial charge in [-0.3, -0.25) is 14.5 Å². The highest BCUT2D eigenvalue weighted by atomic mass is 16.5. The van der Waals surface area contributed by atoms with Crippen molar-refractivity contribution in [3.8, 4) is 0 Å². The van der Waals surface area contributed by atoms with Crippen LogP contribution in [0.4, 0.5) is 0 Å². The lowest BCUT2D eigenvalue weighted by atomic mass is 9.95. The number of carboxylic acids is 1. The lowest BCUT2D eigenvalue weighted by Gasteiger charge is -2.42. The highest BCUT2D eigenvalue weighted by Crippen LogP contribution is 2.28. The van der Waals surface area contributed by atoms with E-state index in [0.717, 1.165) is 5.69 Å². The summed E-state index contributed by atoms with van der Waals surface area (Å²) in [6.07, 6.45) is 0.507. The summed E-state index contributed by atoms with van der Waals surface area (Å²) in [5.74, 6) is -0.819. The fraction of sp³-hybridized carbons (Fsp3) is 0.625. The minimum Gasteiger partial charge on any atom is -0.480 e. The van der Waals surface area contributed by atoms with Crippen LogP contribution in [-0.4, -0.2) is 76.3 Å². The Kier molecular flexibility index (Phi) is 4.16. The number of aryl methyl sites for hydroxylation is 1. The molecule has 2 saturated heterocycles. The first-order valence-corrected chi connectivity index (χ1v) is 7.93. The molecule has 1 atom stereocenters. The molecule has 2 aliphatic rings. The first-order chi connectivity index (χ1) is 11.0. The maximum absolute atomic E-state index is 12.6. The van der Waals surface area contributed by atoms with Crippen LogP contribution in [0.2, 0.25) is 0 Å². The van der Waals surface area contributed by atoms with Crippen LogP contribution in [0.3, 0.4) is 0 Å². The molecular formula is C16H23N3O4. The van der Waals surface area contributed by atoms with E-state index in [1.54, 1.807) is 4.90 Å². The van der Waals surface area contributed by atoms with E-state index < -0.39 is 11.5 Å². The van der Waals surface area contributed by atoms with Gasteiger partial charge in [0.25, 0.3) is 5.91 Å². The highest BCUT2D eigenvalue weighted by molar-refractivity contribution is 5.93. The van der Waals surface area contributed by atoms with Gasteiger partial charge in [-0.05, 0) is 19.1 Å². The fourth-order valence-corrected chi connectivity index (χ4v) is 3.43. The van der Waals surface area contributed by atoms with Crippen LogP contribution in [0.15, 0.2) is 12.1 Å². The molecule has 1 aromatic rings. The number of hydrogen-bond acceptors (Lipinski definition) is 4. The molecule has 0 saturated carbocycles. The lowest BCUT2D eigenvalue weighted by molar-refractivity contribution is -0.152. The maximum atomic E-state index is 12.6. The van der Waals surface area contributed by atoms with Gasteiger partial charge in [0.2, 0.25) is 0 Å². The second-order valence-corrected chi connectivity index (χ2v) is 6.34. The highest BCUT2D eigenvalue weighted by Gasteiger charge is 2.48. The van der Waals surface area contributed by atoms with Gasteiger partial charge >= 0.3 is 5.97 Å². The smallest absolute Gasteiger partial charge is 0.326 e. The van der Waals surface area contributed by atoms with Gasteiger partial charge < -0.3 is 19.3 Å². The number of rotatable bonds is 3. The van der Waals surface area contributed by atoms with Gasteiger partial charge in [-0.1, -0.05) is 0 Å². The predicted molar refractivity (Wildman–Crippen MR) is 83.4 cm³/mol. The maximum Gasteiger partial charge on any atom is 0.326 e. The second-order valence-electron chi connectivity index (χ2n) is 6.34. The van der Waals surface area contributed by atoms with E-state index in [0.29, 0.717) is 44.9 Å². The van der Waals surface area contributed by atoms with Crippen LogP contribution in [0, 0.1) is 6.92 Å². The third-order valence-electron chi connectivity index (χ3n) is 5.16. The summed E-state index contributed by atoms with van der Waals surface area (Å²) in [5, 5.41) is 9.60. The van der Waals surface area contributed by atoms with E-state index in [1.807, 2.05) is 35.6 Å². The molecule has 126 valence electrons. The summed E-state index contributed by atoms with van der Waals surface area (Å²) in [7, 11) is 1.88. The Morgan fingerprint density at radius 2 is 1.91 bits per heavy atom. The Labute approximate surface area is 135 Å². The van der Waals surface area contributed by atoms with E-state index in [4.69, 9.17) is 4.74 Å². The quantitative estimate of drug-likeness (QED) is 0.869. The van der Waals surface area contributed by atoms with Crippen LogP contribution in [0.5, 0.6) is 0 Å². The molecule has 1 aromatic heterocycles. The van der Waals surface area contributed by atoms with E-state index in [9.17, 15) is 14.7 Å². The summed E-state index contributed by atoms with van der Waals surface area (Å²) in [6.45, 7) is 4.87. The number of carboxylic acid groups (broad SMARTS) is 1. The molecule has 0 aromatic carbocycles. The molecule has 3 heterocycles. The molecule has 2 fully saturated rings. The van der Waals surface area contributed by atoms with Crippen LogP contribution in [-0.2, 0) is 16.6 Å². The summed E-state index contributed by atoms with van der Waals surface area (Å²) >= 11 is 0. The first-order valence-electron chi connectivity index (χ1n) is 7.93. The van der Waals surface area contributed by atoms with E-state index in [-0.39, 0.29) is 12.5 Å². The Bertz CT molecular complexity index is 611. The van der Waals surface area contributed by atoms with Crippen molar-refractivity contribution in [3.05, 3.63) is 23.5 Å². The van der Waals surface area contributed by atoms with E-state index >= 15 is 0 Å². The van der Waals surface area contributed by atoms with E-state index in [1.165, 1.54) is 0 Å². The molecule has 0 aliphatic carbocycles. The van der Waals surface area contributed by atoms with Crippen LogP contribution >= 0.6 is 0 Å². The van der Waals surface area contributed by atoms with Crippen molar-refractivity contribution < 1.29 is 19.4 Å². The number of carbonyl (C=O) groups excluding carboxylic acids is 1. The van der Waals surface area contributed by atoms with Crippen molar-refractivity contribution in [3.63, 3.8) is 0 Å². The summed E-state index contributed by atoms with van der Waals surface area (Å²) in [4.78, 5) is 28.1. The topological polar surface area (TPSA) is 75.0 Å². The largest absolute Gasteiger partial charge is 0.480 e.